The molecule has 0 saturated carbocycles. The monoisotopic (exact) mass is 342 g/mol. The van der Waals surface area contributed by atoms with Crippen molar-refractivity contribution in [1.29, 1.82) is 0 Å². The summed E-state index contributed by atoms with van der Waals surface area (Å²) >= 11 is 0. The topological polar surface area (TPSA) is 78.9 Å². The molecule has 0 aromatic heterocycles. The highest BCUT2D eigenvalue weighted by Crippen LogP contribution is 2.20. The Labute approximate surface area is 145 Å². The molecule has 25 heavy (non-hydrogen) atoms. The lowest BCUT2D eigenvalue weighted by atomic mass is 10.1. The number of para-hydroxylation sites is 1. The number of benzene rings is 2. The van der Waals surface area contributed by atoms with Crippen LogP contribution in [0.15, 0.2) is 48.5 Å². The molecule has 0 heterocycles. The van der Waals surface area contributed by atoms with Crippen LogP contribution in [0.3, 0.4) is 0 Å². The third-order valence-electron chi connectivity index (χ3n) is 3.22. The van der Waals surface area contributed by atoms with E-state index in [2.05, 4.69) is 0 Å². The quantitative estimate of drug-likeness (QED) is 0.592. The summed E-state index contributed by atoms with van der Waals surface area (Å²) in [7, 11) is 0. The predicted molar refractivity (Wildman–Crippen MR) is 89.8 cm³/mol. The van der Waals surface area contributed by atoms with Crippen molar-refractivity contribution in [3.63, 3.8) is 0 Å². The first-order valence-corrected chi connectivity index (χ1v) is 7.82. The zero-order valence-electron chi connectivity index (χ0n) is 14.0. The molecule has 0 aliphatic heterocycles. The van der Waals surface area contributed by atoms with Crippen LogP contribution in [-0.4, -0.2) is 31.1 Å². The zero-order valence-corrected chi connectivity index (χ0v) is 14.0. The van der Waals surface area contributed by atoms with Crippen LogP contribution in [0.2, 0.25) is 0 Å². The van der Waals surface area contributed by atoms with Gasteiger partial charge in [-0.05, 0) is 50.2 Å². The van der Waals surface area contributed by atoms with E-state index in [9.17, 15) is 14.4 Å². The van der Waals surface area contributed by atoms with Gasteiger partial charge in [0.1, 0.15) is 11.3 Å². The molecule has 0 saturated heterocycles. The fraction of sp³-hybridized carbons (Fsp3) is 0.211. The molecule has 130 valence electrons. The lowest BCUT2D eigenvalue weighted by Crippen LogP contribution is -2.13. The average Bonchev–Trinajstić information content (AvgIpc) is 2.62. The molecule has 0 aliphatic carbocycles. The van der Waals surface area contributed by atoms with Gasteiger partial charge in [0, 0.05) is 0 Å². The maximum Gasteiger partial charge on any atom is 0.343 e. The summed E-state index contributed by atoms with van der Waals surface area (Å²) in [6.07, 6.45) is 0. The lowest BCUT2D eigenvalue weighted by molar-refractivity contribution is 0.0511. The maximum atomic E-state index is 12.3. The van der Waals surface area contributed by atoms with Crippen molar-refractivity contribution < 1.29 is 28.6 Å². The second kappa shape index (κ2) is 8.63. The van der Waals surface area contributed by atoms with Gasteiger partial charge in [0.05, 0.1) is 24.3 Å². The van der Waals surface area contributed by atoms with Crippen LogP contribution in [0.1, 0.15) is 44.9 Å². The van der Waals surface area contributed by atoms with E-state index < -0.39 is 17.9 Å². The zero-order chi connectivity index (χ0) is 18.2. The minimum atomic E-state index is -0.646. The molecule has 2 rings (SSSR count). The molecule has 0 amide bonds. The summed E-state index contributed by atoms with van der Waals surface area (Å²) in [5.41, 5.74) is 0.748. The minimum absolute atomic E-state index is 0.111. The average molecular weight is 342 g/mol. The van der Waals surface area contributed by atoms with Crippen molar-refractivity contribution in [2.45, 2.75) is 13.8 Å². The highest BCUT2D eigenvalue weighted by molar-refractivity contribution is 5.97. The normalized spacial score (nSPS) is 10.0. The first-order valence-electron chi connectivity index (χ1n) is 7.82. The smallest absolute Gasteiger partial charge is 0.343 e. The number of carbonyl (C=O) groups is 3. The molecule has 0 atom stereocenters. The van der Waals surface area contributed by atoms with Gasteiger partial charge >= 0.3 is 17.9 Å². The molecular weight excluding hydrogens is 324 g/mol. The summed E-state index contributed by atoms with van der Waals surface area (Å²) in [6.45, 7) is 3.89. The second-order valence-electron chi connectivity index (χ2n) is 4.90. The molecule has 0 bridgehead atoms. The van der Waals surface area contributed by atoms with E-state index in [-0.39, 0.29) is 30.1 Å². The molecule has 0 unspecified atom stereocenters. The van der Waals surface area contributed by atoms with E-state index >= 15 is 0 Å². The summed E-state index contributed by atoms with van der Waals surface area (Å²) in [4.78, 5) is 35.8. The molecule has 0 fully saturated rings. The molecule has 0 N–H and O–H groups in total. The van der Waals surface area contributed by atoms with Gasteiger partial charge in [-0.15, -0.1) is 0 Å². The minimum Gasteiger partial charge on any atom is -0.462 e. The first-order chi connectivity index (χ1) is 12.1. The third-order valence-corrected chi connectivity index (χ3v) is 3.22. The molecule has 2 aromatic carbocycles. The Bertz CT molecular complexity index is 764. The van der Waals surface area contributed by atoms with Crippen LogP contribution in [0.5, 0.6) is 5.75 Å². The van der Waals surface area contributed by atoms with E-state index in [0.717, 1.165) is 0 Å². The van der Waals surface area contributed by atoms with Crippen LogP contribution in [0, 0.1) is 0 Å². The lowest BCUT2D eigenvalue weighted by Gasteiger charge is -2.09. The second-order valence-corrected chi connectivity index (χ2v) is 4.90. The Morgan fingerprint density at radius 2 is 1.24 bits per heavy atom. The van der Waals surface area contributed by atoms with E-state index in [1.54, 1.807) is 26.0 Å². The summed E-state index contributed by atoms with van der Waals surface area (Å²) in [5, 5.41) is 0. The largest absolute Gasteiger partial charge is 0.462 e. The highest BCUT2D eigenvalue weighted by Gasteiger charge is 2.17. The van der Waals surface area contributed by atoms with Crippen LogP contribution in [-0.2, 0) is 9.47 Å². The van der Waals surface area contributed by atoms with Gasteiger partial charge in [0.25, 0.3) is 0 Å². The summed E-state index contributed by atoms with van der Waals surface area (Å²) in [5.74, 6) is -1.56. The number of hydrogen-bond donors (Lipinski definition) is 0. The number of esters is 3. The fourth-order valence-electron chi connectivity index (χ4n) is 2.05. The van der Waals surface area contributed by atoms with Gasteiger partial charge in [-0.2, -0.15) is 0 Å². The molecule has 2 aromatic rings. The Morgan fingerprint density at radius 1 is 0.720 bits per heavy atom. The van der Waals surface area contributed by atoms with Crippen LogP contribution in [0.4, 0.5) is 0 Å². The Balaban J connectivity index is 2.15. The Hall–Kier alpha value is -3.15. The van der Waals surface area contributed by atoms with E-state index in [1.807, 2.05) is 0 Å². The van der Waals surface area contributed by atoms with Crippen molar-refractivity contribution in [2.24, 2.45) is 0 Å². The van der Waals surface area contributed by atoms with Gasteiger partial charge < -0.3 is 14.2 Å². The van der Waals surface area contributed by atoms with Crippen LogP contribution in [0.25, 0.3) is 0 Å². The Kier molecular flexibility index (Phi) is 6.28. The molecule has 6 heteroatoms. The van der Waals surface area contributed by atoms with Crippen molar-refractivity contribution >= 4 is 17.9 Å². The standard InChI is InChI=1S/C19H18O6/c1-3-23-17(20)13-9-11-14(12-10-13)18(21)25-16-8-6-5-7-15(16)19(22)24-4-2/h5-12H,3-4H2,1-2H3. The summed E-state index contributed by atoms with van der Waals surface area (Å²) < 4.78 is 15.1. The number of ether oxygens (including phenoxy) is 3. The maximum absolute atomic E-state index is 12.3. The number of rotatable bonds is 6. The predicted octanol–water partition coefficient (Wildman–Crippen LogP) is 3.26. The molecule has 0 aliphatic rings. The van der Waals surface area contributed by atoms with Crippen molar-refractivity contribution in [3.05, 3.63) is 65.2 Å². The highest BCUT2D eigenvalue weighted by atomic mass is 16.5. The molecule has 0 radical (unpaired) electrons. The van der Waals surface area contributed by atoms with Gasteiger partial charge in [-0.25, -0.2) is 14.4 Å². The Morgan fingerprint density at radius 3 is 1.84 bits per heavy atom. The fourth-order valence-corrected chi connectivity index (χ4v) is 2.05. The van der Waals surface area contributed by atoms with Crippen molar-refractivity contribution in [3.8, 4) is 5.75 Å². The van der Waals surface area contributed by atoms with Gasteiger partial charge in [-0.1, -0.05) is 12.1 Å². The molecule has 6 nitrogen and oxygen atoms in total. The van der Waals surface area contributed by atoms with Crippen molar-refractivity contribution in [2.75, 3.05) is 13.2 Å². The van der Waals surface area contributed by atoms with Crippen molar-refractivity contribution in [1.82, 2.24) is 0 Å². The SMILES string of the molecule is CCOC(=O)c1ccc(C(=O)Oc2ccccc2C(=O)OCC)cc1. The summed E-state index contributed by atoms with van der Waals surface area (Å²) in [6, 6.07) is 12.2. The van der Waals surface area contributed by atoms with Crippen LogP contribution >= 0.6 is 0 Å². The van der Waals surface area contributed by atoms with Crippen LogP contribution < -0.4 is 4.74 Å². The van der Waals surface area contributed by atoms with Gasteiger partial charge in [-0.3, -0.25) is 0 Å². The number of carbonyl (C=O) groups excluding carboxylic acids is 3. The van der Waals surface area contributed by atoms with E-state index in [0.29, 0.717) is 5.56 Å². The van der Waals surface area contributed by atoms with Gasteiger partial charge in [0.15, 0.2) is 0 Å². The van der Waals surface area contributed by atoms with E-state index in [4.69, 9.17) is 14.2 Å². The molecule has 0 spiro atoms. The van der Waals surface area contributed by atoms with E-state index in [1.165, 1.54) is 36.4 Å². The number of hydrogen-bond acceptors (Lipinski definition) is 6. The third kappa shape index (κ3) is 4.67. The molecular formula is C19H18O6. The first kappa shape index (κ1) is 18.2. The van der Waals surface area contributed by atoms with Gasteiger partial charge in [0.2, 0.25) is 0 Å².